The number of nitrogens with zero attached hydrogens (tertiary/aromatic N) is 3. The summed E-state index contributed by atoms with van der Waals surface area (Å²) >= 11 is 1.72. The lowest BCUT2D eigenvalue weighted by molar-refractivity contribution is 0.164. The van der Waals surface area contributed by atoms with Gasteiger partial charge in [0.25, 0.3) is 0 Å². The zero-order chi connectivity index (χ0) is 16.9. The Kier molecular flexibility index (Phi) is 5.56. The third-order valence-electron chi connectivity index (χ3n) is 4.82. The second-order valence-corrected chi connectivity index (χ2v) is 7.49. The Hall–Kier alpha value is -1.82. The summed E-state index contributed by atoms with van der Waals surface area (Å²) in [4.78, 5) is 20.2. The van der Waals surface area contributed by atoms with Crippen molar-refractivity contribution in [3.05, 3.63) is 40.1 Å². The number of rotatable bonds is 5. The number of carbonyl (C=O) groups is 1. The molecule has 24 heavy (non-hydrogen) atoms. The number of likely N-dealkylation sites (tertiary alicyclic amines) is 1. The van der Waals surface area contributed by atoms with Crippen LogP contribution < -0.4 is 5.32 Å². The van der Waals surface area contributed by atoms with Crippen molar-refractivity contribution in [1.29, 1.82) is 0 Å². The molecule has 0 bridgehead atoms. The number of hydrogen-bond donors (Lipinski definition) is 1. The molecule has 3 rings (SSSR count). The SMILES string of the molecule is CCc1ccsc1CNC(=O)N1CCCC(Cc2nccn2C)C1. The third kappa shape index (κ3) is 3.98. The molecule has 0 spiro atoms. The molecular formula is C18H26N4OS. The molecule has 1 aliphatic rings. The van der Waals surface area contributed by atoms with Crippen LogP contribution in [0.5, 0.6) is 0 Å². The summed E-state index contributed by atoms with van der Waals surface area (Å²) in [5, 5.41) is 5.20. The second kappa shape index (κ2) is 7.83. The van der Waals surface area contributed by atoms with Crippen molar-refractivity contribution < 1.29 is 4.79 Å². The van der Waals surface area contributed by atoms with Crippen molar-refractivity contribution >= 4 is 17.4 Å². The van der Waals surface area contributed by atoms with Gasteiger partial charge in [0.2, 0.25) is 0 Å². The van der Waals surface area contributed by atoms with Gasteiger partial charge in [0.15, 0.2) is 0 Å². The lowest BCUT2D eigenvalue weighted by Gasteiger charge is -2.32. The Bertz CT molecular complexity index is 678. The first-order valence-corrected chi connectivity index (χ1v) is 9.59. The Labute approximate surface area is 147 Å². The molecule has 0 aliphatic carbocycles. The third-order valence-corrected chi connectivity index (χ3v) is 5.78. The van der Waals surface area contributed by atoms with Gasteiger partial charge in [-0.2, -0.15) is 0 Å². The molecule has 2 aromatic rings. The van der Waals surface area contributed by atoms with Gasteiger partial charge in [-0.15, -0.1) is 11.3 Å². The van der Waals surface area contributed by atoms with Crippen molar-refractivity contribution in [2.24, 2.45) is 13.0 Å². The quantitative estimate of drug-likeness (QED) is 0.904. The fourth-order valence-electron chi connectivity index (χ4n) is 3.37. The molecular weight excluding hydrogens is 320 g/mol. The van der Waals surface area contributed by atoms with E-state index >= 15 is 0 Å². The van der Waals surface area contributed by atoms with Crippen molar-refractivity contribution in [3.8, 4) is 0 Å². The summed E-state index contributed by atoms with van der Waals surface area (Å²) in [5.41, 5.74) is 1.34. The lowest BCUT2D eigenvalue weighted by Crippen LogP contribution is -2.45. The fourth-order valence-corrected chi connectivity index (χ4v) is 4.29. The van der Waals surface area contributed by atoms with Crippen LogP contribution in [0.15, 0.2) is 23.8 Å². The number of amides is 2. The number of urea groups is 1. The van der Waals surface area contributed by atoms with Crippen LogP contribution >= 0.6 is 11.3 Å². The normalized spacial score (nSPS) is 17.9. The number of thiophene rings is 1. The minimum absolute atomic E-state index is 0.0648. The summed E-state index contributed by atoms with van der Waals surface area (Å²) in [6.07, 6.45) is 8.02. The van der Waals surface area contributed by atoms with E-state index in [1.807, 2.05) is 24.3 Å². The fraction of sp³-hybridized carbons (Fsp3) is 0.556. The molecule has 1 unspecified atom stereocenters. The predicted molar refractivity (Wildman–Crippen MR) is 97.1 cm³/mol. The van der Waals surface area contributed by atoms with E-state index in [9.17, 15) is 4.79 Å². The molecule has 1 atom stereocenters. The molecule has 5 nitrogen and oxygen atoms in total. The van der Waals surface area contributed by atoms with Crippen molar-refractivity contribution in [3.63, 3.8) is 0 Å². The van der Waals surface area contributed by atoms with E-state index in [0.29, 0.717) is 12.5 Å². The molecule has 0 saturated carbocycles. The summed E-state index contributed by atoms with van der Waals surface area (Å²) in [5.74, 6) is 1.60. The Morgan fingerprint density at radius 3 is 3.12 bits per heavy atom. The number of piperidine rings is 1. The number of nitrogens with one attached hydrogen (secondary N) is 1. The molecule has 0 aromatic carbocycles. The van der Waals surface area contributed by atoms with Crippen molar-refractivity contribution in [2.75, 3.05) is 13.1 Å². The molecule has 1 aliphatic heterocycles. The molecule has 2 amide bonds. The van der Waals surface area contributed by atoms with Crippen LogP contribution in [0.25, 0.3) is 0 Å². The summed E-state index contributed by atoms with van der Waals surface area (Å²) in [7, 11) is 2.03. The Balaban J connectivity index is 1.52. The van der Waals surface area contributed by atoms with Gasteiger partial charge < -0.3 is 14.8 Å². The smallest absolute Gasteiger partial charge is 0.317 e. The highest BCUT2D eigenvalue weighted by Gasteiger charge is 2.24. The van der Waals surface area contributed by atoms with Crippen LogP contribution in [0.3, 0.4) is 0 Å². The molecule has 130 valence electrons. The van der Waals surface area contributed by atoms with Gasteiger partial charge in [-0.25, -0.2) is 9.78 Å². The zero-order valence-corrected chi connectivity index (χ0v) is 15.3. The van der Waals surface area contributed by atoms with Crippen molar-refractivity contribution in [1.82, 2.24) is 19.8 Å². The van der Waals surface area contributed by atoms with Crippen molar-refractivity contribution in [2.45, 2.75) is 39.2 Å². The van der Waals surface area contributed by atoms with Gasteiger partial charge in [0.05, 0.1) is 6.54 Å². The van der Waals surface area contributed by atoms with E-state index in [0.717, 1.165) is 38.2 Å². The first-order chi connectivity index (χ1) is 11.7. The van der Waals surface area contributed by atoms with E-state index < -0.39 is 0 Å². The number of hydrogen-bond acceptors (Lipinski definition) is 3. The average molecular weight is 347 g/mol. The molecule has 1 saturated heterocycles. The van der Waals surface area contributed by atoms with Gasteiger partial charge >= 0.3 is 6.03 Å². The molecule has 0 radical (unpaired) electrons. The first kappa shape index (κ1) is 17.0. The first-order valence-electron chi connectivity index (χ1n) is 8.71. The molecule has 2 aromatic heterocycles. The van der Waals surface area contributed by atoms with Gasteiger partial charge in [0.1, 0.15) is 5.82 Å². The predicted octanol–water partition coefficient (Wildman–Crippen LogP) is 3.21. The van der Waals surface area contributed by atoms with Gasteiger partial charge in [0, 0.05) is 43.8 Å². The number of aromatic nitrogens is 2. The van der Waals surface area contributed by atoms with Crippen LogP contribution in [0, 0.1) is 5.92 Å². The monoisotopic (exact) mass is 346 g/mol. The van der Waals surface area contributed by atoms with Crippen LogP contribution in [-0.4, -0.2) is 33.6 Å². The summed E-state index contributed by atoms with van der Waals surface area (Å²) in [6.45, 7) is 4.47. The van der Waals surface area contributed by atoms with E-state index in [2.05, 4.69) is 33.2 Å². The van der Waals surface area contributed by atoms with Gasteiger partial charge in [-0.05, 0) is 42.2 Å². The Morgan fingerprint density at radius 2 is 2.38 bits per heavy atom. The van der Waals surface area contributed by atoms with Crippen LogP contribution in [0.1, 0.15) is 36.0 Å². The van der Waals surface area contributed by atoms with Crippen LogP contribution in [-0.2, 0) is 26.4 Å². The van der Waals surface area contributed by atoms with Gasteiger partial charge in [-0.1, -0.05) is 6.92 Å². The molecule has 1 N–H and O–H groups in total. The van der Waals surface area contributed by atoms with Crippen LogP contribution in [0.4, 0.5) is 4.79 Å². The second-order valence-electron chi connectivity index (χ2n) is 6.49. The van der Waals surface area contributed by atoms with E-state index in [4.69, 9.17) is 0 Å². The van der Waals surface area contributed by atoms with E-state index in [1.54, 1.807) is 11.3 Å². The highest BCUT2D eigenvalue weighted by molar-refractivity contribution is 7.10. The molecule has 6 heteroatoms. The number of aryl methyl sites for hydroxylation is 2. The highest BCUT2D eigenvalue weighted by Crippen LogP contribution is 2.21. The maximum Gasteiger partial charge on any atom is 0.317 e. The highest BCUT2D eigenvalue weighted by atomic mass is 32.1. The largest absolute Gasteiger partial charge is 0.338 e. The van der Waals surface area contributed by atoms with Crippen LogP contribution in [0.2, 0.25) is 0 Å². The summed E-state index contributed by atoms with van der Waals surface area (Å²) in [6, 6.07) is 2.21. The maximum absolute atomic E-state index is 12.5. The Morgan fingerprint density at radius 1 is 1.50 bits per heavy atom. The number of carbonyl (C=O) groups excluding carboxylic acids is 1. The van der Waals surface area contributed by atoms with E-state index in [-0.39, 0.29) is 6.03 Å². The minimum atomic E-state index is 0.0648. The minimum Gasteiger partial charge on any atom is -0.338 e. The average Bonchev–Trinajstić information content (AvgIpc) is 3.22. The number of imidazole rings is 1. The summed E-state index contributed by atoms with van der Waals surface area (Å²) < 4.78 is 2.07. The van der Waals surface area contributed by atoms with E-state index in [1.165, 1.54) is 16.9 Å². The lowest BCUT2D eigenvalue weighted by atomic mass is 9.94. The molecule has 1 fully saturated rings. The maximum atomic E-state index is 12.5. The topological polar surface area (TPSA) is 50.2 Å². The van der Waals surface area contributed by atoms with Gasteiger partial charge in [-0.3, -0.25) is 0 Å². The standard InChI is InChI=1S/C18H26N4OS/c1-3-15-6-10-24-16(15)12-20-18(23)22-8-4-5-14(13-22)11-17-19-7-9-21(17)2/h6-7,9-10,14H,3-5,8,11-13H2,1-2H3,(H,20,23). The zero-order valence-electron chi connectivity index (χ0n) is 14.5. The molecule has 3 heterocycles.